The van der Waals surface area contributed by atoms with E-state index < -0.39 is 0 Å². The fourth-order valence-electron chi connectivity index (χ4n) is 2.98. The molecule has 1 aliphatic rings. The first kappa shape index (κ1) is 15.9. The predicted molar refractivity (Wildman–Crippen MR) is 86.9 cm³/mol. The van der Waals surface area contributed by atoms with Crippen LogP contribution < -0.4 is 4.90 Å². The van der Waals surface area contributed by atoms with Crippen molar-refractivity contribution in [2.24, 2.45) is 0 Å². The van der Waals surface area contributed by atoms with Crippen LogP contribution in [-0.2, 0) is 6.42 Å². The predicted octanol–water partition coefficient (Wildman–Crippen LogP) is 3.04. The van der Waals surface area contributed by atoms with Crippen molar-refractivity contribution >= 4 is 5.69 Å². The molecule has 0 N–H and O–H groups in total. The minimum absolute atomic E-state index is 0.0934. The van der Waals surface area contributed by atoms with Crippen LogP contribution in [0, 0.1) is 5.82 Å². The Morgan fingerprint density at radius 1 is 1.22 bits per heavy atom. The van der Waals surface area contributed by atoms with E-state index in [1.807, 2.05) is 12.1 Å². The summed E-state index contributed by atoms with van der Waals surface area (Å²) in [5.41, 5.74) is 0.683. The minimum atomic E-state index is -0.157. The molecule has 0 saturated carbocycles. The van der Waals surface area contributed by atoms with Gasteiger partial charge in [0.05, 0.1) is 11.7 Å². The Kier molecular flexibility index (Phi) is 4.91. The van der Waals surface area contributed by atoms with Crippen molar-refractivity contribution in [3.05, 3.63) is 41.8 Å². The highest BCUT2D eigenvalue weighted by atomic mass is 19.1. The molecule has 1 atom stereocenters. The second kappa shape index (κ2) is 7.08. The van der Waals surface area contributed by atoms with Crippen LogP contribution >= 0.6 is 0 Å². The first-order chi connectivity index (χ1) is 11.2. The number of hydrogen-bond acceptors (Lipinski definition) is 5. The molecule has 1 fully saturated rings. The van der Waals surface area contributed by atoms with E-state index in [0.717, 1.165) is 44.8 Å². The highest BCUT2D eigenvalue weighted by molar-refractivity contribution is 5.48. The molecule has 0 aliphatic carbocycles. The molecule has 2 aromatic rings. The van der Waals surface area contributed by atoms with Crippen LogP contribution in [0.5, 0.6) is 0 Å². The number of para-hydroxylation sites is 1. The van der Waals surface area contributed by atoms with Gasteiger partial charge in [0.25, 0.3) is 0 Å². The molecule has 0 spiro atoms. The first-order valence-corrected chi connectivity index (χ1v) is 8.25. The number of aromatic nitrogens is 2. The second-order valence-electron chi connectivity index (χ2n) is 5.95. The summed E-state index contributed by atoms with van der Waals surface area (Å²) in [5, 5.41) is 4.02. The zero-order valence-corrected chi connectivity index (χ0v) is 13.7. The number of anilines is 1. The zero-order valence-electron chi connectivity index (χ0n) is 13.7. The van der Waals surface area contributed by atoms with Gasteiger partial charge in [-0.1, -0.05) is 24.2 Å². The topological polar surface area (TPSA) is 45.4 Å². The van der Waals surface area contributed by atoms with Crippen molar-refractivity contribution in [2.45, 2.75) is 32.7 Å². The Bertz CT molecular complexity index is 637. The van der Waals surface area contributed by atoms with E-state index in [-0.39, 0.29) is 11.9 Å². The lowest BCUT2D eigenvalue weighted by molar-refractivity contribution is 0.164. The molecule has 1 saturated heterocycles. The average molecular weight is 318 g/mol. The largest absolute Gasteiger partial charge is 0.367 e. The number of rotatable bonds is 5. The van der Waals surface area contributed by atoms with Gasteiger partial charge < -0.3 is 9.42 Å². The van der Waals surface area contributed by atoms with Gasteiger partial charge in [-0.15, -0.1) is 0 Å². The molecule has 1 aromatic heterocycles. The van der Waals surface area contributed by atoms with E-state index in [1.165, 1.54) is 6.07 Å². The van der Waals surface area contributed by atoms with Crippen LogP contribution in [0.4, 0.5) is 10.1 Å². The van der Waals surface area contributed by atoms with E-state index in [4.69, 9.17) is 4.52 Å². The van der Waals surface area contributed by atoms with Crippen LogP contribution in [0.15, 0.2) is 28.8 Å². The van der Waals surface area contributed by atoms with Crippen molar-refractivity contribution in [3.8, 4) is 0 Å². The molecule has 3 rings (SSSR count). The lowest BCUT2D eigenvalue weighted by atomic mass is 10.2. The summed E-state index contributed by atoms with van der Waals surface area (Å²) in [5.74, 6) is 1.29. The Morgan fingerprint density at radius 3 is 2.65 bits per heavy atom. The number of benzene rings is 1. The molecule has 0 radical (unpaired) electrons. The van der Waals surface area contributed by atoms with E-state index in [2.05, 4.69) is 33.8 Å². The van der Waals surface area contributed by atoms with Crippen LogP contribution in [0.1, 0.15) is 38.0 Å². The van der Waals surface area contributed by atoms with Crippen LogP contribution in [-0.4, -0.2) is 41.2 Å². The smallest absolute Gasteiger partial charge is 0.243 e. The molecular formula is C17H23FN4O. The SMILES string of the molecule is CCCc1noc(C(C)N2CCN(c3ccccc3F)CC2)n1. The molecule has 0 amide bonds. The summed E-state index contributed by atoms with van der Waals surface area (Å²) in [6.07, 6.45) is 1.85. The fraction of sp³-hybridized carbons (Fsp3) is 0.529. The molecule has 23 heavy (non-hydrogen) atoms. The van der Waals surface area contributed by atoms with Crippen LogP contribution in [0.2, 0.25) is 0 Å². The number of halogens is 1. The number of aryl methyl sites for hydroxylation is 1. The normalized spacial score (nSPS) is 17.4. The third kappa shape index (κ3) is 3.52. The van der Waals surface area contributed by atoms with Crippen molar-refractivity contribution in [2.75, 3.05) is 31.1 Å². The van der Waals surface area contributed by atoms with Gasteiger partial charge in [-0.2, -0.15) is 4.98 Å². The summed E-state index contributed by atoms with van der Waals surface area (Å²) >= 11 is 0. The van der Waals surface area contributed by atoms with Crippen molar-refractivity contribution in [1.82, 2.24) is 15.0 Å². The molecule has 6 heteroatoms. The second-order valence-corrected chi connectivity index (χ2v) is 5.95. The number of nitrogens with zero attached hydrogens (tertiary/aromatic N) is 4. The standard InChI is InChI=1S/C17H23FN4O/c1-3-6-16-19-17(23-20-16)13(2)21-9-11-22(12-10-21)15-8-5-4-7-14(15)18/h4-5,7-8,13H,3,6,9-12H2,1-2H3. The first-order valence-electron chi connectivity index (χ1n) is 8.25. The van der Waals surface area contributed by atoms with E-state index in [9.17, 15) is 4.39 Å². The summed E-state index contributed by atoms with van der Waals surface area (Å²) in [6, 6.07) is 7.04. The lowest BCUT2D eigenvalue weighted by Crippen LogP contribution is -2.47. The van der Waals surface area contributed by atoms with Gasteiger partial charge in [-0.25, -0.2) is 4.39 Å². The highest BCUT2D eigenvalue weighted by Crippen LogP contribution is 2.24. The Balaban J connectivity index is 1.60. The van der Waals surface area contributed by atoms with Gasteiger partial charge in [-0.05, 0) is 25.5 Å². The lowest BCUT2D eigenvalue weighted by Gasteiger charge is -2.38. The maximum atomic E-state index is 13.9. The minimum Gasteiger partial charge on any atom is -0.367 e. The van der Waals surface area contributed by atoms with E-state index >= 15 is 0 Å². The number of piperazine rings is 1. The maximum Gasteiger partial charge on any atom is 0.243 e. The number of hydrogen-bond donors (Lipinski definition) is 0. The Hall–Kier alpha value is -1.95. The quantitative estimate of drug-likeness (QED) is 0.848. The Labute approximate surface area is 136 Å². The third-order valence-electron chi connectivity index (χ3n) is 4.37. The molecule has 0 bridgehead atoms. The van der Waals surface area contributed by atoms with Crippen LogP contribution in [0.25, 0.3) is 0 Å². The van der Waals surface area contributed by atoms with Gasteiger partial charge in [-0.3, -0.25) is 4.90 Å². The summed E-state index contributed by atoms with van der Waals surface area (Å²) < 4.78 is 19.3. The van der Waals surface area contributed by atoms with Crippen LogP contribution in [0.3, 0.4) is 0 Å². The molecular weight excluding hydrogens is 295 g/mol. The van der Waals surface area contributed by atoms with Crippen molar-refractivity contribution in [1.29, 1.82) is 0 Å². The molecule has 5 nitrogen and oxygen atoms in total. The molecule has 1 aromatic carbocycles. The maximum absolute atomic E-state index is 13.9. The summed E-state index contributed by atoms with van der Waals surface area (Å²) in [4.78, 5) is 8.87. The molecule has 1 unspecified atom stereocenters. The summed E-state index contributed by atoms with van der Waals surface area (Å²) in [6.45, 7) is 7.47. The van der Waals surface area contributed by atoms with Gasteiger partial charge in [0.15, 0.2) is 5.82 Å². The molecule has 2 heterocycles. The van der Waals surface area contributed by atoms with Gasteiger partial charge in [0, 0.05) is 32.6 Å². The van der Waals surface area contributed by atoms with E-state index in [0.29, 0.717) is 11.6 Å². The van der Waals surface area contributed by atoms with Gasteiger partial charge in [0.1, 0.15) is 5.82 Å². The highest BCUT2D eigenvalue weighted by Gasteiger charge is 2.26. The van der Waals surface area contributed by atoms with Gasteiger partial charge >= 0.3 is 0 Å². The average Bonchev–Trinajstić information content (AvgIpc) is 3.04. The molecule has 124 valence electrons. The fourth-order valence-corrected chi connectivity index (χ4v) is 2.98. The van der Waals surface area contributed by atoms with Gasteiger partial charge in [0.2, 0.25) is 5.89 Å². The third-order valence-corrected chi connectivity index (χ3v) is 4.37. The zero-order chi connectivity index (χ0) is 16.2. The van der Waals surface area contributed by atoms with Crippen molar-refractivity contribution in [3.63, 3.8) is 0 Å². The summed E-state index contributed by atoms with van der Waals surface area (Å²) in [7, 11) is 0. The van der Waals surface area contributed by atoms with E-state index in [1.54, 1.807) is 6.07 Å². The monoisotopic (exact) mass is 318 g/mol. The molecule has 1 aliphatic heterocycles. The Morgan fingerprint density at radius 2 is 1.96 bits per heavy atom. The van der Waals surface area contributed by atoms with Crippen molar-refractivity contribution < 1.29 is 8.91 Å².